The number of benzene rings is 1. The fourth-order valence-corrected chi connectivity index (χ4v) is 2.18. The Bertz CT molecular complexity index is 548. The maximum Gasteiger partial charge on any atom is 0.219 e. The third-order valence-corrected chi connectivity index (χ3v) is 3.16. The van der Waals surface area contributed by atoms with Crippen LogP contribution in [0.15, 0.2) is 24.4 Å². The molecule has 0 bridgehead atoms. The Morgan fingerprint density at radius 1 is 1.44 bits per heavy atom. The third kappa shape index (κ3) is 3.05. The first kappa shape index (κ1) is 13.0. The van der Waals surface area contributed by atoms with E-state index in [1.165, 1.54) is 5.56 Å². The van der Waals surface area contributed by atoms with Gasteiger partial charge in [-0.2, -0.15) is 0 Å². The zero-order valence-corrected chi connectivity index (χ0v) is 11.2. The highest BCUT2D eigenvalue weighted by Gasteiger charge is 2.05. The van der Waals surface area contributed by atoms with Crippen LogP contribution < -0.4 is 5.32 Å². The summed E-state index contributed by atoms with van der Waals surface area (Å²) >= 11 is 5.99. The van der Waals surface area contributed by atoms with E-state index in [1.807, 2.05) is 31.3 Å². The van der Waals surface area contributed by atoms with Gasteiger partial charge in [0.1, 0.15) is 0 Å². The van der Waals surface area contributed by atoms with Gasteiger partial charge >= 0.3 is 0 Å². The minimum atomic E-state index is 0.121. The van der Waals surface area contributed by atoms with Gasteiger partial charge in [-0.1, -0.05) is 18.5 Å². The van der Waals surface area contributed by atoms with Gasteiger partial charge in [0.25, 0.3) is 0 Å². The minimum Gasteiger partial charge on any atom is -0.361 e. The molecule has 0 aliphatic carbocycles. The van der Waals surface area contributed by atoms with Crippen LogP contribution in [-0.4, -0.2) is 17.4 Å². The summed E-state index contributed by atoms with van der Waals surface area (Å²) in [5, 5.41) is 4.78. The Morgan fingerprint density at radius 3 is 3.06 bits per heavy atom. The third-order valence-electron chi connectivity index (χ3n) is 2.92. The summed E-state index contributed by atoms with van der Waals surface area (Å²) < 4.78 is 0. The number of halogens is 1. The monoisotopic (exact) mass is 264 g/mol. The lowest BCUT2D eigenvalue weighted by Crippen LogP contribution is -2.25. The maximum atomic E-state index is 11.3. The highest BCUT2D eigenvalue weighted by molar-refractivity contribution is 6.31. The number of fused-ring (bicyclic) bond motifs is 1. The van der Waals surface area contributed by atoms with E-state index in [0.717, 1.165) is 28.8 Å². The maximum absolute atomic E-state index is 11.3. The fourth-order valence-electron chi connectivity index (χ4n) is 2.01. The number of carbonyl (C=O) groups is 1. The summed E-state index contributed by atoms with van der Waals surface area (Å²) in [6, 6.07) is 5.79. The topological polar surface area (TPSA) is 44.9 Å². The average Bonchev–Trinajstić information content (AvgIpc) is 2.72. The first-order chi connectivity index (χ1) is 8.70. The van der Waals surface area contributed by atoms with Crippen molar-refractivity contribution in [1.82, 2.24) is 10.3 Å². The van der Waals surface area contributed by atoms with Crippen LogP contribution in [0.4, 0.5) is 0 Å². The number of aromatic nitrogens is 1. The van der Waals surface area contributed by atoms with Crippen LogP contribution in [0, 0.1) is 0 Å². The van der Waals surface area contributed by atoms with E-state index in [-0.39, 0.29) is 5.91 Å². The number of rotatable bonds is 5. The van der Waals surface area contributed by atoms with Gasteiger partial charge in [0.15, 0.2) is 0 Å². The molecule has 2 N–H and O–H groups in total. The Kier molecular flexibility index (Phi) is 4.26. The normalized spacial score (nSPS) is 10.8. The van der Waals surface area contributed by atoms with Gasteiger partial charge in [0.2, 0.25) is 5.91 Å². The lowest BCUT2D eigenvalue weighted by atomic mass is 10.1. The van der Waals surface area contributed by atoms with Crippen molar-refractivity contribution in [2.75, 3.05) is 6.54 Å². The van der Waals surface area contributed by atoms with Crippen molar-refractivity contribution in [3.63, 3.8) is 0 Å². The number of nitrogens with one attached hydrogen (secondary N) is 2. The largest absolute Gasteiger partial charge is 0.361 e. The molecule has 1 aromatic carbocycles. The number of aromatic amines is 1. The van der Waals surface area contributed by atoms with Crippen molar-refractivity contribution in [2.45, 2.75) is 26.2 Å². The van der Waals surface area contributed by atoms with Crippen LogP contribution >= 0.6 is 11.6 Å². The lowest BCUT2D eigenvalue weighted by molar-refractivity contribution is -0.121. The predicted molar refractivity (Wildman–Crippen MR) is 74.9 cm³/mol. The highest BCUT2D eigenvalue weighted by atomic mass is 35.5. The minimum absolute atomic E-state index is 0.121. The summed E-state index contributed by atoms with van der Waals surface area (Å²) in [7, 11) is 0. The molecule has 96 valence electrons. The van der Waals surface area contributed by atoms with Crippen molar-refractivity contribution >= 4 is 28.4 Å². The summed E-state index contributed by atoms with van der Waals surface area (Å²) in [5.74, 6) is 0.121. The van der Waals surface area contributed by atoms with Crippen molar-refractivity contribution in [3.8, 4) is 0 Å². The molecule has 1 heterocycles. The molecule has 0 radical (unpaired) electrons. The number of H-pyrrole nitrogens is 1. The molecule has 2 aromatic rings. The highest BCUT2D eigenvalue weighted by Crippen LogP contribution is 2.22. The average molecular weight is 265 g/mol. The van der Waals surface area contributed by atoms with Crippen molar-refractivity contribution in [2.24, 2.45) is 0 Å². The molecule has 0 atom stereocenters. The Balaban J connectivity index is 1.99. The number of hydrogen-bond acceptors (Lipinski definition) is 1. The Morgan fingerprint density at radius 2 is 2.28 bits per heavy atom. The molecule has 1 aromatic heterocycles. The van der Waals surface area contributed by atoms with Crippen molar-refractivity contribution in [1.29, 1.82) is 0 Å². The second kappa shape index (κ2) is 5.91. The molecule has 0 aliphatic heterocycles. The second-order valence-corrected chi connectivity index (χ2v) is 4.79. The molecular weight excluding hydrogens is 248 g/mol. The van der Waals surface area contributed by atoms with E-state index in [9.17, 15) is 4.79 Å². The quantitative estimate of drug-likeness (QED) is 0.855. The van der Waals surface area contributed by atoms with Crippen LogP contribution in [-0.2, 0) is 11.2 Å². The van der Waals surface area contributed by atoms with E-state index >= 15 is 0 Å². The Hall–Kier alpha value is -1.48. The van der Waals surface area contributed by atoms with Gasteiger partial charge in [-0.3, -0.25) is 4.79 Å². The van der Waals surface area contributed by atoms with Crippen molar-refractivity contribution in [3.05, 3.63) is 35.0 Å². The summed E-state index contributed by atoms with van der Waals surface area (Å²) in [6.07, 6.45) is 4.27. The molecule has 4 heteroatoms. The first-order valence-corrected chi connectivity index (χ1v) is 6.60. The van der Waals surface area contributed by atoms with Crippen LogP contribution in [0.3, 0.4) is 0 Å². The zero-order chi connectivity index (χ0) is 13.0. The van der Waals surface area contributed by atoms with Crippen LogP contribution in [0.2, 0.25) is 5.02 Å². The van der Waals surface area contributed by atoms with E-state index in [0.29, 0.717) is 13.0 Å². The van der Waals surface area contributed by atoms with E-state index in [4.69, 9.17) is 11.6 Å². The van der Waals surface area contributed by atoms with Crippen LogP contribution in [0.1, 0.15) is 25.3 Å². The molecule has 0 aliphatic rings. The molecule has 0 saturated heterocycles. The molecular formula is C14H17ClN2O. The number of amides is 1. The molecule has 0 saturated carbocycles. The van der Waals surface area contributed by atoms with Crippen molar-refractivity contribution < 1.29 is 4.79 Å². The molecule has 0 fully saturated rings. The fraction of sp³-hybridized carbons (Fsp3) is 0.357. The molecule has 2 rings (SSSR count). The first-order valence-electron chi connectivity index (χ1n) is 6.23. The van der Waals surface area contributed by atoms with Gasteiger partial charge in [-0.25, -0.2) is 0 Å². The molecule has 18 heavy (non-hydrogen) atoms. The number of hydrogen-bond donors (Lipinski definition) is 2. The second-order valence-electron chi connectivity index (χ2n) is 4.35. The summed E-state index contributed by atoms with van der Waals surface area (Å²) in [5.41, 5.74) is 2.26. The van der Waals surface area contributed by atoms with E-state index in [1.54, 1.807) is 0 Å². The van der Waals surface area contributed by atoms with E-state index in [2.05, 4.69) is 10.3 Å². The molecule has 0 spiro atoms. The molecule has 3 nitrogen and oxygen atoms in total. The van der Waals surface area contributed by atoms with Crippen LogP contribution in [0.5, 0.6) is 0 Å². The van der Waals surface area contributed by atoms with Gasteiger partial charge in [-0.15, -0.1) is 0 Å². The standard InChI is InChI=1S/C14H17ClN2O/c1-2-3-14(18)16-7-6-10-9-17-13-5-4-11(15)8-12(10)13/h4-5,8-9,17H,2-3,6-7H2,1H3,(H,16,18). The van der Waals surface area contributed by atoms with Crippen LogP contribution in [0.25, 0.3) is 10.9 Å². The number of carbonyl (C=O) groups excluding carboxylic acids is 1. The van der Waals surface area contributed by atoms with E-state index < -0.39 is 0 Å². The summed E-state index contributed by atoms with van der Waals surface area (Å²) in [6.45, 7) is 2.67. The Labute approximate surface area is 112 Å². The van der Waals surface area contributed by atoms with Gasteiger partial charge in [-0.05, 0) is 36.6 Å². The SMILES string of the molecule is CCCC(=O)NCCc1c[nH]c2ccc(Cl)cc12. The molecule has 0 unspecified atom stereocenters. The van der Waals surface area contributed by atoms with Gasteiger partial charge in [0.05, 0.1) is 0 Å². The molecule has 1 amide bonds. The van der Waals surface area contributed by atoms with Gasteiger partial charge in [0, 0.05) is 35.1 Å². The lowest BCUT2D eigenvalue weighted by Gasteiger charge is -2.03. The summed E-state index contributed by atoms with van der Waals surface area (Å²) in [4.78, 5) is 14.6. The van der Waals surface area contributed by atoms with Gasteiger partial charge < -0.3 is 10.3 Å². The smallest absolute Gasteiger partial charge is 0.219 e. The predicted octanol–water partition coefficient (Wildman–Crippen LogP) is 3.28. The zero-order valence-electron chi connectivity index (χ0n) is 10.4.